The zero-order valence-electron chi connectivity index (χ0n) is 11.6. The van der Waals surface area contributed by atoms with Crippen LogP contribution in [-0.2, 0) is 11.3 Å². The van der Waals surface area contributed by atoms with Crippen molar-refractivity contribution in [2.75, 3.05) is 19.7 Å². The highest BCUT2D eigenvalue weighted by molar-refractivity contribution is 4.95. The maximum Gasteiger partial charge on any atom is 0.240 e. The topological polar surface area (TPSA) is 63.4 Å². The Hall–Kier alpha value is -0.980. The monoisotopic (exact) mass is 266 g/mol. The van der Waals surface area contributed by atoms with Gasteiger partial charge in [0.15, 0.2) is 0 Å². The van der Waals surface area contributed by atoms with Gasteiger partial charge in [0.2, 0.25) is 11.7 Å². The predicted molar refractivity (Wildman–Crippen MR) is 69.6 cm³/mol. The summed E-state index contributed by atoms with van der Waals surface area (Å²) in [5.41, 5.74) is 0. The molecule has 2 aliphatic rings. The van der Waals surface area contributed by atoms with E-state index < -0.39 is 0 Å². The molecule has 1 atom stereocenters. The maximum absolute atomic E-state index is 5.75. The maximum atomic E-state index is 5.75. The fourth-order valence-corrected chi connectivity index (χ4v) is 2.28. The Morgan fingerprint density at radius 3 is 3.00 bits per heavy atom. The molecule has 6 nitrogen and oxygen atoms in total. The third-order valence-electron chi connectivity index (χ3n) is 3.72. The summed E-state index contributed by atoms with van der Waals surface area (Å²) in [5, 5.41) is 7.42. The van der Waals surface area contributed by atoms with Crippen LogP contribution < -0.4 is 5.32 Å². The van der Waals surface area contributed by atoms with E-state index >= 15 is 0 Å². The molecule has 1 unspecified atom stereocenters. The van der Waals surface area contributed by atoms with Gasteiger partial charge in [-0.05, 0) is 26.7 Å². The van der Waals surface area contributed by atoms with Crippen molar-refractivity contribution in [1.82, 2.24) is 20.4 Å². The van der Waals surface area contributed by atoms with Gasteiger partial charge in [-0.25, -0.2) is 0 Å². The van der Waals surface area contributed by atoms with E-state index in [2.05, 4.69) is 34.2 Å². The minimum absolute atomic E-state index is 0.0606. The zero-order chi connectivity index (χ0) is 13.2. The van der Waals surface area contributed by atoms with Gasteiger partial charge in [0.1, 0.15) is 6.10 Å². The lowest BCUT2D eigenvalue weighted by Gasteiger charge is -2.34. The van der Waals surface area contributed by atoms with Gasteiger partial charge in [-0.1, -0.05) is 5.16 Å². The van der Waals surface area contributed by atoms with Gasteiger partial charge in [-0.15, -0.1) is 0 Å². The molecule has 0 bridgehead atoms. The second-order valence-corrected chi connectivity index (χ2v) is 5.65. The molecule has 1 aromatic rings. The average molecular weight is 266 g/mol. The summed E-state index contributed by atoms with van der Waals surface area (Å²) in [5.74, 6) is 1.34. The molecule has 0 amide bonds. The largest absolute Gasteiger partial charge is 0.367 e. The first-order valence-electron chi connectivity index (χ1n) is 7.14. The molecule has 0 spiro atoms. The minimum Gasteiger partial charge on any atom is -0.367 e. The molecule has 3 rings (SSSR count). The van der Waals surface area contributed by atoms with Crippen molar-refractivity contribution in [2.24, 2.45) is 0 Å². The van der Waals surface area contributed by atoms with Gasteiger partial charge < -0.3 is 14.6 Å². The zero-order valence-corrected chi connectivity index (χ0v) is 11.6. The van der Waals surface area contributed by atoms with Crippen LogP contribution >= 0.6 is 0 Å². The SMILES string of the molecule is CC(C)N1CCOC(c2noc(CNC3CC3)n2)C1. The smallest absolute Gasteiger partial charge is 0.240 e. The number of nitrogens with one attached hydrogen (secondary N) is 1. The molecule has 1 aliphatic heterocycles. The molecule has 106 valence electrons. The van der Waals surface area contributed by atoms with Crippen LogP contribution in [0.4, 0.5) is 0 Å². The van der Waals surface area contributed by atoms with Crippen molar-refractivity contribution in [3.05, 3.63) is 11.7 Å². The first kappa shape index (κ1) is 13.0. The van der Waals surface area contributed by atoms with Crippen LogP contribution in [0.5, 0.6) is 0 Å². The highest BCUT2D eigenvalue weighted by Crippen LogP contribution is 2.22. The highest BCUT2D eigenvalue weighted by atomic mass is 16.5. The molecule has 0 aromatic carbocycles. The Labute approximate surface area is 113 Å². The van der Waals surface area contributed by atoms with Gasteiger partial charge in [0.05, 0.1) is 13.2 Å². The highest BCUT2D eigenvalue weighted by Gasteiger charge is 2.27. The lowest BCUT2D eigenvalue weighted by atomic mass is 10.2. The Morgan fingerprint density at radius 1 is 1.42 bits per heavy atom. The molecule has 1 aromatic heterocycles. The van der Waals surface area contributed by atoms with E-state index in [0.717, 1.165) is 19.7 Å². The third-order valence-corrected chi connectivity index (χ3v) is 3.72. The average Bonchev–Trinajstić information content (AvgIpc) is 3.13. The molecule has 1 saturated heterocycles. The Morgan fingerprint density at radius 2 is 2.26 bits per heavy atom. The second kappa shape index (κ2) is 5.56. The van der Waals surface area contributed by atoms with Crippen molar-refractivity contribution < 1.29 is 9.26 Å². The van der Waals surface area contributed by atoms with Crippen LogP contribution in [0.25, 0.3) is 0 Å². The number of hydrogen-bond acceptors (Lipinski definition) is 6. The van der Waals surface area contributed by atoms with Crippen LogP contribution in [0, 0.1) is 0 Å². The molecular formula is C13H22N4O2. The van der Waals surface area contributed by atoms with Crippen LogP contribution in [0.1, 0.15) is 44.5 Å². The first-order valence-corrected chi connectivity index (χ1v) is 7.14. The fraction of sp³-hybridized carbons (Fsp3) is 0.846. The van der Waals surface area contributed by atoms with E-state index in [1.54, 1.807) is 0 Å². The summed E-state index contributed by atoms with van der Waals surface area (Å²) in [4.78, 5) is 6.82. The molecule has 2 heterocycles. The van der Waals surface area contributed by atoms with Crippen molar-refractivity contribution in [2.45, 2.75) is 51.4 Å². The number of aromatic nitrogens is 2. The quantitative estimate of drug-likeness (QED) is 0.861. The molecule has 0 radical (unpaired) electrons. The normalized spacial score (nSPS) is 25.1. The molecule has 6 heteroatoms. The van der Waals surface area contributed by atoms with E-state index in [-0.39, 0.29) is 6.10 Å². The summed E-state index contributed by atoms with van der Waals surface area (Å²) in [6.07, 6.45) is 2.46. The molecule has 2 fully saturated rings. The van der Waals surface area contributed by atoms with E-state index in [4.69, 9.17) is 9.26 Å². The van der Waals surface area contributed by atoms with E-state index in [1.165, 1.54) is 12.8 Å². The van der Waals surface area contributed by atoms with Gasteiger partial charge in [-0.2, -0.15) is 4.98 Å². The molecule has 1 aliphatic carbocycles. The summed E-state index contributed by atoms with van der Waals surface area (Å²) in [6.45, 7) is 7.60. The van der Waals surface area contributed by atoms with Crippen molar-refractivity contribution in [1.29, 1.82) is 0 Å². The standard InChI is InChI=1S/C13H22N4O2/c1-9(2)17-5-6-18-11(8-17)13-15-12(19-16-13)7-14-10-3-4-10/h9-11,14H,3-8H2,1-2H3. The lowest BCUT2D eigenvalue weighted by molar-refractivity contribution is -0.0450. The predicted octanol–water partition coefficient (Wildman–Crippen LogP) is 1.10. The van der Waals surface area contributed by atoms with Crippen molar-refractivity contribution in [3.63, 3.8) is 0 Å². The number of morpholine rings is 1. The van der Waals surface area contributed by atoms with Gasteiger partial charge >= 0.3 is 0 Å². The molecule has 1 saturated carbocycles. The second-order valence-electron chi connectivity index (χ2n) is 5.65. The molecule has 19 heavy (non-hydrogen) atoms. The third kappa shape index (κ3) is 3.32. The summed E-state index contributed by atoms with van der Waals surface area (Å²) in [7, 11) is 0. The molecular weight excluding hydrogens is 244 g/mol. The van der Waals surface area contributed by atoms with Crippen molar-refractivity contribution in [3.8, 4) is 0 Å². The Kier molecular flexibility index (Phi) is 3.81. The molecule has 1 N–H and O–H groups in total. The van der Waals surface area contributed by atoms with Gasteiger partial charge in [-0.3, -0.25) is 4.90 Å². The Bertz CT molecular complexity index is 417. The van der Waals surface area contributed by atoms with E-state index in [9.17, 15) is 0 Å². The fourth-order valence-electron chi connectivity index (χ4n) is 2.28. The first-order chi connectivity index (χ1) is 9.22. The Balaban J connectivity index is 1.57. The van der Waals surface area contributed by atoms with Crippen LogP contribution in [0.15, 0.2) is 4.52 Å². The number of ether oxygens (including phenoxy) is 1. The van der Waals surface area contributed by atoms with E-state index in [0.29, 0.717) is 30.3 Å². The van der Waals surface area contributed by atoms with E-state index in [1.807, 2.05) is 0 Å². The van der Waals surface area contributed by atoms with Crippen LogP contribution in [0.3, 0.4) is 0 Å². The van der Waals surface area contributed by atoms with Crippen molar-refractivity contribution >= 4 is 0 Å². The summed E-state index contributed by atoms with van der Waals surface area (Å²) < 4.78 is 11.0. The number of nitrogens with zero attached hydrogens (tertiary/aromatic N) is 3. The lowest BCUT2D eigenvalue weighted by Crippen LogP contribution is -2.42. The number of rotatable bonds is 5. The van der Waals surface area contributed by atoms with Gasteiger partial charge in [0.25, 0.3) is 0 Å². The summed E-state index contributed by atoms with van der Waals surface area (Å²) in [6, 6.07) is 1.17. The minimum atomic E-state index is -0.0606. The summed E-state index contributed by atoms with van der Waals surface area (Å²) >= 11 is 0. The number of hydrogen-bond donors (Lipinski definition) is 1. The van der Waals surface area contributed by atoms with Gasteiger partial charge in [0, 0.05) is 25.2 Å². The van der Waals surface area contributed by atoms with Crippen LogP contribution in [-0.4, -0.2) is 46.8 Å². The van der Waals surface area contributed by atoms with Crippen LogP contribution in [0.2, 0.25) is 0 Å².